The molecule has 52 valence electrons. The van der Waals surface area contributed by atoms with E-state index in [9.17, 15) is 0 Å². The van der Waals surface area contributed by atoms with Crippen LogP contribution in [0.3, 0.4) is 0 Å². The maximum atomic E-state index is 2.50. The molecule has 0 spiro atoms. The topological polar surface area (TPSA) is 0 Å². The third kappa shape index (κ3) is 0.338. The average molecular weight is 132 g/mol. The van der Waals surface area contributed by atoms with Crippen molar-refractivity contribution in [3.8, 4) is 0 Å². The van der Waals surface area contributed by atoms with Crippen LogP contribution in [0.1, 0.15) is 20.3 Å². The van der Waals surface area contributed by atoms with Gasteiger partial charge in [-0.1, -0.05) is 37.1 Å². The summed E-state index contributed by atoms with van der Waals surface area (Å²) in [6.07, 6.45) is 6.29. The van der Waals surface area contributed by atoms with E-state index in [0.29, 0.717) is 5.41 Å². The van der Waals surface area contributed by atoms with E-state index in [1.807, 2.05) is 0 Å². The van der Waals surface area contributed by atoms with Crippen LogP contribution in [0.4, 0.5) is 0 Å². The van der Waals surface area contributed by atoms with Crippen molar-refractivity contribution in [3.05, 3.63) is 23.3 Å². The first-order valence-corrected chi connectivity index (χ1v) is 4.11. The Hall–Kier alpha value is -0.520. The molecule has 0 aromatic heterocycles. The van der Waals surface area contributed by atoms with Gasteiger partial charge in [0.2, 0.25) is 0 Å². The molecule has 2 unspecified atom stereocenters. The summed E-state index contributed by atoms with van der Waals surface area (Å²) in [6, 6.07) is 0. The molecule has 0 heteroatoms. The van der Waals surface area contributed by atoms with Gasteiger partial charge in [0.25, 0.3) is 0 Å². The van der Waals surface area contributed by atoms with Crippen LogP contribution in [-0.2, 0) is 0 Å². The van der Waals surface area contributed by atoms with E-state index in [1.54, 1.807) is 11.1 Å². The molecule has 0 nitrogen and oxygen atoms in total. The van der Waals surface area contributed by atoms with Crippen LogP contribution in [0.5, 0.6) is 0 Å². The van der Waals surface area contributed by atoms with Crippen LogP contribution in [0.2, 0.25) is 0 Å². The van der Waals surface area contributed by atoms with Gasteiger partial charge < -0.3 is 0 Å². The van der Waals surface area contributed by atoms with E-state index in [4.69, 9.17) is 0 Å². The molecule has 3 aliphatic rings. The predicted molar refractivity (Wildman–Crippen MR) is 41.5 cm³/mol. The Balaban J connectivity index is 2.17. The largest absolute Gasteiger partial charge is 0.0795 e. The lowest BCUT2D eigenvalue weighted by Crippen LogP contribution is -2.36. The number of allylic oxidation sites excluding steroid dienone is 4. The molecule has 0 amide bonds. The summed E-state index contributed by atoms with van der Waals surface area (Å²) in [5.41, 5.74) is 3.94. The van der Waals surface area contributed by atoms with Crippen molar-refractivity contribution in [1.29, 1.82) is 0 Å². The van der Waals surface area contributed by atoms with Crippen molar-refractivity contribution in [2.75, 3.05) is 0 Å². The molecule has 0 aromatic carbocycles. The molecule has 10 heavy (non-hydrogen) atoms. The Morgan fingerprint density at radius 2 is 2.20 bits per heavy atom. The Labute approximate surface area is 61.6 Å². The molecule has 0 N–H and O–H groups in total. The smallest absolute Gasteiger partial charge is 0.00847 e. The van der Waals surface area contributed by atoms with Gasteiger partial charge in [0, 0.05) is 5.92 Å². The fourth-order valence-electron chi connectivity index (χ4n) is 2.75. The Morgan fingerprint density at radius 3 is 2.70 bits per heavy atom. The molecule has 1 saturated carbocycles. The second-order valence-corrected chi connectivity index (χ2v) is 4.46. The van der Waals surface area contributed by atoms with Crippen LogP contribution in [-0.4, -0.2) is 0 Å². The van der Waals surface area contributed by atoms with Crippen molar-refractivity contribution < 1.29 is 0 Å². The minimum Gasteiger partial charge on any atom is -0.0795 e. The minimum absolute atomic E-state index is 0.486. The number of hydrogen-bond acceptors (Lipinski definition) is 0. The van der Waals surface area contributed by atoms with Crippen LogP contribution in [0.25, 0.3) is 0 Å². The molecule has 0 aliphatic heterocycles. The van der Waals surface area contributed by atoms with E-state index in [-0.39, 0.29) is 0 Å². The molecule has 0 heterocycles. The van der Waals surface area contributed by atoms with Gasteiger partial charge in [-0.2, -0.15) is 0 Å². The van der Waals surface area contributed by atoms with Crippen LogP contribution in [0.15, 0.2) is 23.3 Å². The monoisotopic (exact) mass is 132 g/mol. The molecule has 0 saturated heterocycles. The summed E-state index contributed by atoms with van der Waals surface area (Å²) in [5, 5.41) is 0. The molecule has 0 radical (unpaired) electrons. The highest BCUT2D eigenvalue weighted by atomic mass is 14.6. The zero-order valence-corrected chi connectivity index (χ0v) is 6.52. The molecular weight excluding hydrogens is 120 g/mol. The third-order valence-corrected chi connectivity index (χ3v) is 3.38. The van der Waals surface area contributed by atoms with E-state index in [1.165, 1.54) is 6.42 Å². The standard InChI is InChI=1S/C10H12/c1-10(2)5-7-3-6-4-8(10)9(6)7/h4-5,8-9H,3H2,1-2H3. The summed E-state index contributed by atoms with van der Waals surface area (Å²) >= 11 is 0. The maximum Gasteiger partial charge on any atom is 0.00847 e. The van der Waals surface area contributed by atoms with E-state index < -0.39 is 0 Å². The first-order chi connectivity index (χ1) is 4.68. The summed E-state index contributed by atoms with van der Waals surface area (Å²) < 4.78 is 0. The second kappa shape index (κ2) is 1.13. The van der Waals surface area contributed by atoms with Gasteiger partial charge in [0.1, 0.15) is 0 Å². The first kappa shape index (κ1) is 5.17. The third-order valence-electron chi connectivity index (χ3n) is 3.38. The molecule has 0 bridgehead atoms. The Kier molecular flexibility index (Phi) is 0.585. The van der Waals surface area contributed by atoms with Crippen molar-refractivity contribution >= 4 is 0 Å². The van der Waals surface area contributed by atoms with Crippen LogP contribution < -0.4 is 0 Å². The quantitative estimate of drug-likeness (QED) is 0.444. The lowest BCUT2D eigenvalue weighted by Gasteiger charge is -2.45. The summed E-state index contributed by atoms with van der Waals surface area (Å²) in [6.45, 7) is 4.71. The van der Waals surface area contributed by atoms with Crippen LogP contribution in [0, 0.1) is 17.3 Å². The normalized spacial score (nSPS) is 44.6. The molecule has 1 fully saturated rings. The van der Waals surface area contributed by atoms with Crippen molar-refractivity contribution in [1.82, 2.24) is 0 Å². The molecule has 3 rings (SSSR count). The molecule has 3 aliphatic carbocycles. The minimum atomic E-state index is 0.486. The molecular formula is C10H12. The fraction of sp³-hybridized carbons (Fsp3) is 0.600. The lowest BCUT2D eigenvalue weighted by atomic mass is 9.59. The van der Waals surface area contributed by atoms with Gasteiger partial charge in [0.15, 0.2) is 0 Å². The molecule has 2 atom stereocenters. The second-order valence-electron chi connectivity index (χ2n) is 4.46. The average Bonchev–Trinajstić information content (AvgIpc) is 1.97. The van der Waals surface area contributed by atoms with Crippen molar-refractivity contribution in [3.63, 3.8) is 0 Å². The van der Waals surface area contributed by atoms with E-state index >= 15 is 0 Å². The van der Waals surface area contributed by atoms with E-state index in [0.717, 1.165) is 11.8 Å². The van der Waals surface area contributed by atoms with Gasteiger partial charge in [-0.25, -0.2) is 0 Å². The highest BCUT2D eigenvalue weighted by molar-refractivity contribution is 5.52. The van der Waals surface area contributed by atoms with Gasteiger partial charge in [-0.15, -0.1) is 0 Å². The Morgan fingerprint density at radius 1 is 1.40 bits per heavy atom. The zero-order valence-electron chi connectivity index (χ0n) is 6.52. The van der Waals surface area contributed by atoms with Gasteiger partial charge >= 0.3 is 0 Å². The van der Waals surface area contributed by atoms with E-state index in [2.05, 4.69) is 26.0 Å². The lowest BCUT2D eigenvalue weighted by molar-refractivity contribution is 0.267. The Bertz CT molecular complexity index is 266. The van der Waals surface area contributed by atoms with Gasteiger partial charge in [-0.05, 0) is 17.8 Å². The summed E-state index contributed by atoms with van der Waals surface area (Å²) in [5.74, 6) is 1.81. The van der Waals surface area contributed by atoms with Gasteiger partial charge in [0.05, 0.1) is 0 Å². The van der Waals surface area contributed by atoms with Gasteiger partial charge in [-0.3, -0.25) is 0 Å². The maximum absolute atomic E-state index is 2.50. The zero-order chi connectivity index (χ0) is 6.93. The SMILES string of the molecule is CC1(C)C=C2CC3=CC1C32. The number of rotatable bonds is 0. The fourth-order valence-corrected chi connectivity index (χ4v) is 2.75. The highest BCUT2D eigenvalue weighted by Crippen LogP contribution is 2.64. The predicted octanol–water partition coefficient (Wildman–Crippen LogP) is 2.53. The molecule has 0 aromatic rings. The highest BCUT2D eigenvalue weighted by Gasteiger charge is 2.53. The van der Waals surface area contributed by atoms with Crippen molar-refractivity contribution in [2.45, 2.75) is 20.3 Å². The van der Waals surface area contributed by atoms with Crippen LogP contribution >= 0.6 is 0 Å². The summed E-state index contributed by atoms with van der Waals surface area (Å²) in [4.78, 5) is 0. The summed E-state index contributed by atoms with van der Waals surface area (Å²) in [7, 11) is 0. The number of hydrogen-bond donors (Lipinski definition) is 0. The van der Waals surface area contributed by atoms with Crippen molar-refractivity contribution in [2.24, 2.45) is 17.3 Å². The first-order valence-electron chi connectivity index (χ1n) is 4.11.